The lowest BCUT2D eigenvalue weighted by atomic mass is 10.2. The number of nitriles is 1. The van der Waals surface area contributed by atoms with E-state index in [2.05, 4.69) is 4.98 Å². The highest BCUT2D eigenvalue weighted by atomic mass is 19.3. The first kappa shape index (κ1) is 8.53. The van der Waals surface area contributed by atoms with Crippen molar-refractivity contribution < 1.29 is 13.2 Å². The Hall–Kier alpha value is -1.57. The Kier molecular flexibility index (Phi) is 2.29. The average Bonchev–Trinajstić information content (AvgIpc) is 2.03. The number of alkyl halides is 2. The number of nitrogens with zero attached hydrogens (tertiary/aromatic N) is 2. The first-order valence-corrected chi connectivity index (χ1v) is 2.99. The molecular formula is C7H3F3N2. The maximum Gasteiger partial charge on any atom is 0.264 e. The molecule has 0 bridgehead atoms. The topological polar surface area (TPSA) is 36.7 Å². The summed E-state index contributed by atoms with van der Waals surface area (Å²) in [6.45, 7) is 0. The van der Waals surface area contributed by atoms with Crippen LogP contribution in [0.5, 0.6) is 0 Å². The van der Waals surface area contributed by atoms with Crippen molar-refractivity contribution in [3.05, 3.63) is 29.3 Å². The molecule has 12 heavy (non-hydrogen) atoms. The van der Waals surface area contributed by atoms with Crippen LogP contribution in [0.1, 0.15) is 17.7 Å². The summed E-state index contributed by atoms with van der Waals surface area (Å²) in [4.78, 5) is 3.07. The van der Waals surface area contributed by atoms with Crippen LogP contribution in [0.4, 0.5) is 13.2 Å². The van der Waals surface area contributed by atoms with Gasteiger partial charge >= 0.3 is 0 Å². The van der Waals surface area contributed by atoms with Crippen molar-refractivity contribution in [1.29, 1.82) is 5.26 Å². The fourth-order valence-corrected chi connectivity index (χ4v) is 0.700. The highest BCUT2D eigenvalue weighted by Crippen LogP contribution is 2.19. The molecule has 0 N–H and O–H groups in total. The molecule has 1 rings (SSSR count). The largest absolute Gasteiger partial charge is 0.264 e. The molecule has 0 atom stereocenters. The first-order valence-electron chi connectivity index (χ1n) is 2.99. The zero-order valence-corrected chi connectivity index (χ0v) is 5.76. The molecule has 0 unspecified atom stereocenters. The third kappa shape index (κ3) is 1.72. The quantitative estimate of drug-likeness (QED) is 0.607. The predicted molar refractivity (Wildman–Crippen MR) is 33.9 cm³/mol. The third-order valence-electron chi connectivity index (χ3n) is 1.18. The van der Waals surface area contributed by atoms with Crippen LogP contribution in [0.25, 0.3) is 0 Å². The molecule has 1 aromatic rings. The molecule has 5 heteroatoms. The Labute approximate surface area is 66.3 Å². The van der Waals surface area contributed by atoms with Crippen molar-refractivity contribution in [1.82, 2.24) is 4.98 Å². The van der Waals surface area contributed by atoms with Crippen LogP contribution >= 0.6 is 0 Å². The van der Waals surface area contributed by atoms with Crippen LogP contribution < -0.4 is 0 Å². The lowest BCUT2D eigenvalue weighted by Crippen LogP contribution is -1.93. The summed E-state index contributed by atoms with van der Waals surface area (Å²) in [5.41, 5.74) is -0.871. The van der Waals surface area contributed by atoms with Crippen molar-refractivity contribution in [2.75, 3.05) is 0 Å². The van der Waals surface area contributed by atoms with Crippen molar-refractivity contribution in [3.63, 3.8) is 0 Å². The van der Waals surface area contributed by atoms with Gasteiger partial charge in [-0.25, -0.2) is 13.8 Å². The lowest BCUT2D eigenvalue weighted by molar-refractivity contribution is 0.150. The highest BCUT2D eigenvalue weighted by molar-refractivity contribution is 5.26. The van der Waals surface area contributed by atoms with Gasteiger partial charge in [-0.2, -0.15) is 9.65 Å². The zero-order valence-electron chi connectivity index (χ0n) is 5.76. The Morgan fingerprint density at radius 1 is 1.42 bits per heavy atom. The molecule has 0 aliphatic heterocycles. The number of hydrogen-bond acceptors (Lipinski definition) is 2. The smallest absolute Gasteiger partial charge is 0.209 e. The zero-order chi connectivity index (χ0) is 9.14. The first-order chi connectivity index (χ1) is 5.63. The molecule has 0 aromatic carbocycles. The second kappa shape index (κ2) is 3.22. The summed E-state index contributed by atoms with van der Waals surface area (Å²) in [5, 5.41) is 8.24. The van der Waals surface area contributed by atoms with E-state index in [-0.39, 0.29) is 5.69 Å². The van der Waals surface area contributed by atoms with E-state index in [9.17, 15) is 13.2 Å². The third-order valence-corrected chi connectivity index (χ3v) is 1.18. The van der Waals surface area contributed by atoms with Crippen LogP contribution in [0, 0.1) is 17.3 Å². The maximum atomic E-state index is 12.4. The molecular weight excluding hydrogens is 169 g/mol. The second-order valence-corrected chi connectivity index (χ2v) is 2.02. The lowest BCUT2D eigenvalue weighted by Gasteiger charge is -1.98. The van der Waals surface area contributed by atoms with Gasteiger partial charge in [0.25, 0.3) is 6.43 Å². The van der Waals surface area contributed by atoms with E-state index in [0.717, 1.165) is 6.07 Å². The molecule has 0 saturated carbocycles. The minimum atomic E-state index is -2.78. The number of pyridine rings is 1. The van der Waals surface area contributed by atoms with Crippen LogP contribution in [0.2, 0.25) is 0 Å². The van der Waals surface area contributed by atoms with Crippen LogP contribution in [0.15, 0.2) is 12.1 Å². The minimum absolute atomic E-state index is 0.342. The molecule has 62 valence electrons. The van der Waals surface area contributed by atoms with Gasteiger partial charge in [0, 0.05) is 11.6 Å². The van der Waals surface area contributed by atoms with E-state index < -0.39 is 17.9 Å². The fraction of sp³-hybridized carbons (Fsp3) is 0.143. The van der Waals surface area contributed by atoms with Gasteiger partial charge in [0.1, 0.15) is 11.8 Å². The summed E-state index contributed by atoms with van der Waals surface area (Å²) in [7, 11) is 0. The van der Waals surface area contributed by atoms with Gasteiger partial charge in [0.2, 0.25) is 5.95 Å². The van der Waals surface area contributed by atoms with Crippen molar-refractivity contribution >= 4 is 0 Å². The molecule has 0 spiro atoms. The Morgan fingerprint density at radius 2 is 2.08 bits per heavy atom. The predicted octanol–water partition coefficient (Wildman–Crippen LogP) is 2.03. The highest BCUT2D eigenvalue weighted by Gasteiger charge is 2.10. The summed E-state index contributed by atoms with van der Waals surface area (Å²) in [6.07, 6.45) is -2.78. The normalized spacial score (nSPS) is 9.92. The van der Waals surface area contributed by atoms with E-state index in [0.29, 0.717) is 6.07 Å². The Balaban J connectivity index is 3.17. The maximum absolute atomic E-state index is 12.4. The van der Waals surface area contributed by atoms with Gasteiger partial charge in [-0.15, -0.1) is 0 Å². The van der Waals surface area contributed by atoms with Gasteiger partial charge in [-0.05, 0) is 6.07 Å². The molecule has 1 aromatic heterocycles. The van der Waals surface area contributed by atoms with Crippen molar-refractivity contribution in [2.24, 2.45) is 0 Å². The van der Waals surface area contributed by atoms with E-state index in [1.807, 2.05) is 0 Å². The van der Waals surface area contributed by atoms with E-state index in [4.69, 9.17) is 5.26 Å². The van der Waals surface area contributed by atoms with E-state index in [1.165, 1.54) is 6.07 Å². The summed E-state index contributed by atoms with van der Waals surface area (Å²) >= 11 is 0. The minimum Gasteiger partial charge on any atom is -0.209 e. The standard InChI is InChI=1S/C7H3F3N2/c8-6-2-4(7(9)10)1-5(3-11)12-6/h1-2,7H. The van der Waals surface area contributed by atoms with Crippen molar-refractivity contribution in [3.8, 4) is 6.07 Å². The number of halogens is 3. The van der Waals surface area contributed by atoms with Gasteiger partial charge in [0.05, 0.1) is 0 Å². The molecule has 0 aliphatic rings. The molecule has 0 saturated heterocycles. The average molecular weight is 172 g/mol. The summed E-state index contributed by atoms with van der Waals surface area (Å²) in [6, 6.07) is 2.94. The molecule has 0 radical (unpaired) electrons. The summed E-state index contributed by atoms with van der Waals surface area (Å²) in [5.74, 6) is -1.07. The van der Waals surface area contributed by atoms with Crippen LogP contribution in [-0.4, -0.2) is 4.98 Å². The van der Waals surface area contributed by atoms with Gasteiger partial charge < -0.3 is 0 Å². The van der Waals surface area contributed by atoms with Crippen molar-refractivity contribution in [2.45, 2.75) is 6.43 Å². The molecule has 1 heterocycles. The van der Waals surface area contributed by atoms with Crippen LogP contribution in [-0.2, 0) is 0 Å². The van der Waals surface area contributed by atoms with E-state index in [1.54, 1.807) is 0 Å². The number of aromatic nitrogens is 1. The molecule has 0 aliphatic carbocycles. The van der Waals surface area contributed by atoms with Gasteiger partial charge in [0.15, 0.2) is 0 Å². The van der Waals surface area contributed by atoms with Gasteiger partial charge in [-0.1, -0.05) is 0 Å². The van der Waals surface area contributed by atoms with Crippen LogP contribution in [0.3, 0.4) is 0 Å². The number of rotatable bonds is 1. The molecule has 0 fully saturated rings. The monoisotopic (exact) mass is 172 g/mol. The van der Waals surface area contributed by atoms with Gasteiger partial charge in [-0.3, -0.25) is 0 Å². The number of hydrogen-bond donors (Lipinski definition) is 0. The molecule has 0 amide bonds. The fourth-order valence-electron chi connectivity index (χ4n) is 0.700. The summed E-state index contributed by atoms with van der Waals surface area (Å²) < 4.78 is 36.3. The Bertz CT molecular complexity index is 330. The SMILES string of the molecule is N#Cc1cc(C(F)F)cc(F)n1. The van der Waals surface area contributed by atoms with E-state index >= 15 is 0 Å². The molecule has 2 nitrogen and oxygen atoms in total. The second-order valence-electron chi connectivity index (χ2n) is 2.02. The Morgan fingerprint density at radius 3 is 2.58 bits per heavy atom.